The Hall–Kier alpha value is -2.19. The lowest BCUT2D eigenvalue weighted by molar-refractivity contribution is -0.303. The highest BCUT2D eigenvalue weighted by Crippen LogP contribution is 2.23. The van der Waals surface area contributed by atoms with Crippen LogP contribution < -0.4 is 5.32 Å². The fourth-order valence-electron chi connectivity index (χ4n) is 10.4. The highest BCUT2D eigenvalue weighted by molar-refractivity contribution is 5.80. The van der Waals surface area contributed by atoms with Crippen molar-refractivity contribution in [2.75, 3.05) is 13.2 Å². The predicted octanol–water partition coefficient (Wildman–Crippen LogP) is 15.4. The van der Waals surface area contributed by atoms with Crippen molar-refractivity contribution in [1.82, 2.24) is 5.32 Å². The summed E-state index contributed by atoms with van der Waals surface area (Å²) in [5.74, 6) is -0.712. The Labute approximate surface area is 484 Å². The summed E-state index contributed by atoms with van der Waals surface area (Å²) in [5, 5.41) is 76.4. The van der Waals surface area contributed by atoms with Crippen LogP contribution in [0.5, 0.6) is 0 Å². The van der Waals surface area contributed by atoms with E-state index in [0.29, 0.717) is 19.3 Å². The van der Waals surface area contributed by atoms with Crippen LogP contribution in [-0.2, 0) is 14.3 Å². The third kappa shape index (κ3) is 44.1. The van der Waals surface area contributed by atoms with E-state index < -0.39 is 74.2 Å². The maximum atomic E-state index is 13.2. The summed E-state index contributed by atoms with van der Waals surface area (Å²) in [7, 11) is 0. The van der Waals surface area contributed by atoms with Gasteiger partial charge in [0.1, 0.15) is 36.6 Å². The number of allylic oxidation sites excluding steroid dienone is 10. The van der Waals surface area contributed by atoms with Crippen molar-refractivity contribution in [3.8, 4) is 0 Å². The second kappa shape index (κ2) is 56.3. The lowest BCUT2D eigenvalue weighted by Gasteiger charge is -2.40. The number of aliphatic hydroxyl groups excluding tert-OH is 7. The van der Waals surface area contributed by atoms with Crippen LogP contribution in [0.15, 0.2) is 60.8 Å². The van der Waals surface area contributed by atoms with Crippen LogP contribution in [-0.4, -0.2) is 110 Å². The SMILES string of the molecule is CCCCCCCCCCC/C=C\C/C=C\CCCCCCCCCCCCCCC(O)C(=O)NC(COC1OC(CO)C(O)C(O)C1O)C(O)C(O)CCC/C=C/CC/C=C/CC/C=C/CCCCCCCCCCCCC. The van der Waals surface area contributed by atoms with Crippen molar-refractivity contribution < 1.29 is 50.0 Å². The van der Waals surface area contributed by atoms with E-state index in [1.54, 1.807) is 0 Å². The Morgan fingerprint density at radius 3 is 1.20 bits per heavy atom. The highest BCUT2D eigenvalue weighted by Gasteiger charge is 2.44. The molecule has 9 unspecified atom stereocenters. The van der Waals surface area contributed by atoms with Gasteiger partial charge in [-0.15, -0.1) is 0 Å². The Bertz CT molecular complexity index is 1470. The molecule has 1 saturated heterocycles. The number of nitrogens with one attached hydrogen (secondary N) is 1. The zero-order valence-corrected chi connectivity index (χ0v) is 50.9. The minimum Gasteiger partial charge on any atom is -0.394 e. The number of hydrogen-bond acceptors (Lipinski definition) is 10. The second-order valence-electron chi connectivity index (χ2n) is 23.2. The van der Waals surface area contributed by atoms with Crippen molar-refractivity contribution in [1.29, 1.82) is 0 Å². The number of carbonyl (C=O) groups excluding carboxylic acids is 1. The monoisotopic (exact) mass is 1120 g/mol. The number of unbranched alkanes of at least 4 members (excludes halogenated alkanes) is 35. The Morgan fingerprint density at radius 1 is 0.443 bits per heavy atom. The van der Waals surface area contributed by atoms with E-state index in [1.165, 1.54) is 199 Å². The van der Waals surface area contributed by atoms with Crippen LogP contribution in [0.3, 0.4) is 0 Å². The van der Waals surface area contributed by atoms with Crippen molar-refractivity contribution >= 4 is 5.91 Å². The number of hydrogen-bond donors (Lipinski definition) is 8. The molecule has 0 aromatic rings. The molecule has 0 aliphatic carbocycles. The number of aliphatic hydroxyl groups is 7. The van der Waals surface area contributed by atoms with E-state index in [2.05, 4.69) is 79.9 Å². The molecular weight excluding hydrogens is 991 g/mol. The largest absolute Gasteiger partial charge is 0.394 e. The number of ether oxygens (including phenoxy) is 2. The minimum atomic E-state index is -1.68. The van der Waals surface area contributed by atoms with Gasteiger partial charge >= 0.3 is 0 Å². The van der Waals surface area contributed by atoms with Crippen LogP contribution in [0.2, 0.25) is 0 Å². The molecule has 9 atom stereocenters. The summed E-state index contributed by atoms with van der Waals surface area (Å²) in [6, 6.07) is -1.20. The molecule has 8 N–H and O–H groups in total. The van der Waals surface area contributed by atoms with Gasteiger partial charge in [-0.05, 0) is 96.3 Å². The Kier molecular flexibility index (Phi) is 53.3. The first-order valence-corrected chi connectivity index (χ1v) is 33.2. The van der Waals surface area contributed by atoms with E-state index in [-0.39, 0.29) is 12.8 Å². The maximum Gasteiger partial charge on any atom is 0.249 e. The van der Waals surface area contributed by atoms with Crippen LogP contribution in [0.1, 0.15) is 296 Å². The quantitative estimate of drug-likeness (QED) is 0.0215. The molecule has 0 aromatic heterocycles. The standard InChI is InChI=1S/C68H125NO10/c1-3-5-7-9-11-13-15-17-19-21-23-25-27-29-30-31-32-34-36-38-40-42-44-46-48-50-52-54-56-61(72)67(77)69-59(58-78-68-66(76)65(75)64(74)62(57-70)79-68)63(73)60(71)55-53-51-49-47-45-43-41-39-37-35-33-28-26-24-22-20-18-16-14-12-10-8-6-4-2/h23,25,28-30,33,39,41,47,49,59-66,68,70-76H,3-22,24,26-27,31-32,34-38,40,42-46,48,50-58H2,1-2H3,(H,69,77)/b25-23-,30-29-,33-28+,41-39+,49-47+. The zero-order valence-electron chi connectivity index (χ0n) is 50.9. The third-order valence-corrected chi connectivity index (χ3v) is 15.7. The highest BCUT2D eigenvalue weighted by atomic mass is 16.7. The van der Waals surface area contributed by atoms with Gasteiger partial charge in [-0.2, -0.15) is 0 Å². The van der Waals surface area contributed by atoms with Gasteiger partial charge in [0.05, 0.1) is 25.4 Å². The summed E-state index contributed by atoms with van der Waals surface area (Å²) in [6.07, 6.45) is 62.9. The van der Waals surface area contributed by atoms with E-state index in [0.717, 1.165) is 51.4 Å². The van der Waals surface area contributed by atoms with Crippen LogP contribution in [0.25, 0.3) is 0 Å². The number of amides is 1. The fourth-order valence-corrected chi connectivity index (χ4v) is 10.4. The molecule has 0 bridgehead atoms. The van der Waals surface area contributed by atoms with Crippen molar-refractivity contribution in [2.24, 2.45) is 0 Å². The molecule has 1 rings (SSSR count). The first-order valence-electron chi connectivity index (χ1n) is 33.2. The van der Waals surface area contributed by atoms with Gasteiger partial charge in [0.25, 0.3) is 0 Å². The van der Waals surface area contributed by atoms with Crippen LogP contribution in [0.4, 0.5) is 0 Å². The predicted molar refractivity (Wildman–Crippen MR) is 330 cm³/mol. The minimum absolute atomic E-state index is 0.239. The van der Waals surface area contributed by atoms with Gasteiger partial charge in [0.2, 0.25) is 5.91 Å². The molecule has 462 valence electrons. The molecule has 11 nitrogen and oxygen atoms in total. The maximum absolute atomic E-state index is 13.2. The van der Waals surface area contributed by atoms with E-state index in [9.17, 15) is 40.5 Å². The molecular formula is C68H125NO10. The summed E-state index contributed by atoms with van der Waals surface area (Å²) in [5.41, 5.74) is 0. The first-order chi connectivity index (χ1) is 38.7. The topological polar surface area (TPSA) is 189 Å². The van der Waals surface area contributed by atoms with Gasteiger partial charge in [0.15, 0.2) is 6.29 Å². The molecule has 1 fully saturated rings. The molecule has 1 aliphatic rings. The number of rotatable bonds is 57. The third-order valence-electron chi connectivity index (χ3n) is 15.7. The second-order valence-corrected chi connectivity index (χ2v) is 23.2. The van der Waals surface area contributed by atoms with Crippen molar-refractivity contribution in [2.45, 2.75) is 351 Å². The average molecular weight is 1120 g/mol. The van der Waals surface area contributed by atoms with Gasteiger partial charge in [-0.25, -0.2) is 0 Å². The molecule has 0 spiro atoms. The molecule has 1 aliphatic heterocycles. The van der Waals surface area contributed by atoms with Gasteiger partial charge in [0, 0.05) is 0 Å². The average Bonchev–Trinajstić information content (AvgIpc) is 3.46. The smallest absolute Gasteiger partial charge is 0.249 e. The normalized spacial score (nSPS) is 19.7. The first kappa shape index (κ1) is 74.8. The number of carbonyl (C=O) groups is 1. The molecule has 1 amide bonds. The van der Waals surface area contributed by atoms with E-state index >= 15 is 0 Å². The van der Waals surface area contributed by atoms with Crippen LogP contribution in [0, 0.1) is 0 Å². The van der Waals surface area contributed by atoms with Gasteiger partial charge in [-0.3, -0.25) is 4.79 Å². The molecule has 79 heavy (non-hydrogen) atoms. The molecule has 11 heteroatoms. The summed E-state index contributed by atoms with van der Waals surface area (Å²) < 4.78 is 11.2. The van der Waals surface area contributed by atoms with Gasteiger partial charge < -0.3 is 50.5 Å². The zero-order chi connectivity index (χ0) is 57.5. The molecule has 0 saturated carbocycles. The van der Waals surface area contributed by atoms with Gasteiger partial charge in [-0.1, -0.05) is 261 Å². The summed E-state index contributed by atoms with van der Waals surface area (Å²) >= 11 is 0. The Balaban J connectivity index is 2.28. The summed E-state index contributed by atoms with van der Waals surface area (Å²) in [4.78, 5) is 13.2. The molecule has 0 aromatic carbocycles. The molecule has 1 heterocycles. The van der Waals surface area contributed by atoms with Crippen molar-refractivity contribution in [3.63, 3.8) is 0 Å². The molecule has 0 radical (unpaired) electrons. The lowest BCUT2D eigenvalue weighted by Crippen LogP contribution is -2.60. The fraction of sp³-hybridized carbons (Fsp3) is 0.838. The van der Waals surface area contributed by atoms with E-state index in [1.807, 2.05) is 0 Å². The summed E-state index contributed by atoms with van der Waals surface area (Å²) in [6.45, 7) is 3.46. The Morgan fingerprint density at radius 2 is 0.797 bits per heavy atom. The lowest BCUT2D eigenvalue weighted by atomic mass is 9.98. The van der Waals surface area contributed by atoms with Crippen LogP contribution >= 0.6 is 0 Å². The van der Waals surface area contributed by atoms with Crippen molar-refractivity contribution in [3.05, 3.63) is 60.8 Å². The van der Waals surface area contributed by atoms with E-state index in [4.69, 9.17) is 9.47 Å².